The zero-order valence-electron chi connectivity index (χ0n) is 16.9. The van der Waals surface area contributed by atoms with Gasteiger partial charge in [0.25, 0.3) is 5.91 Å². The van der Waals surface area contributed by atoms with Gasteiger partial charge in [-0.05, 0) is 71.8 Å². The van der Waals surface area contributed by atoms with Gasteiger partial charge in [0.15, 0.2) is 0 Å². The average Bonchev–Trinajstić information content (AvgIpc) is 2.80. The molecule has 4 aromatic carbocycles. The Bertz CT molecular complexity index is 1260. The highest BCUT2D eigenvalue weighted by Crippen LogP contribution is 2.16. The lowest BCUT2D eigenvalue weighted by Crippen LogP contribution is -2.17. The molecule has 0 saturated heterocycles. The number of hydrogen-bond acceptors (Lipinski definition) is 4. The molecule has 152 valence electrons. The van der Waals surface area contributed by atoms with Crippen LogP contribution in [0.4, 0.5) is 0 Å². The molecule has 0 aliphatic heterocycles. The Kier molecular flexibility index (Phi) is 5.85. The van der Waals surface area contributed by atoms with Gasteiger partial charge in [-0.1, -0.05) is 48.0 Å². The van der Waals surface area contributed by atoms with Crippen LogP contribution in [-0.4, -0.2) is 18.1 Å². The third-order valence-corrected chi connectivity index (χ3v) is 4.77. The highest BCUT2D eigenvalue weighted by Gasteiger charge is 2.08. The predicted molar refractivity (Wildman–Crippen MR) is 122 cm³/mol. The van der Waals surface area contributed by atoms with Crippen molar-refractivity contribution in [1.29, 1.82) is 0 Å². The van der Waals surface area contributed by atoms with Crippen molar-refractivity contribution in [3.8, 4) is 5.75 Å². The van der Waals surface area contributed by atoms with Crippen molar-refractivity contribution in [2.75, 3.05) is 0 Å². The molecule has 1 N–H and O–H groups in total. The molecule has 0 spiro atoms. The number of aryl methyl sites for hydroxylation is 1. The Labute approximate surface area is 180 Å². The number of carbonyl (C=O) groups excluding carboxylic acids is 2. The topological polar surface area (TPSA) is 67.8 Å². The van der Waals surface area contributed by atoms with Crippen molar-refractivity contribution < 1.29 is 14.3 Å². The van der Waals surface area contributed by atoms with E-state index in [0.29, 0.717) is 16.9 Å². The van der Waals surface area contributed by atoms with Gasteiger partial charge < -0.3 is 4.74 Å². The first-order valence-electron chi connectivity index (χ1n) is 9.80. The van der Waals surface area contributed by atoms with E-state index in [-0.39, 0.29) is 5.91 Å². The van der Waals surface area contributed by atoms with Crippen LogP contribution in [0.3, 0.4) is 0 Å². The summed E-state index contributed by atoms with van der Waals surface area (Å²) in [6.45, 7) is 1.96. The van der Waals surface area contributed by atoms with Gasteiger partial charge >= 0.3 is 5.97 Å². The van der Waals surface area contributed by atoms with Crippen molar-refractivity contribution >= 4 is 28.9 Å². The van der Waals surface area contributed by atoms with Crippen molar-refractivity contribution in [3.63, 3.8) is 0 Å². The molecule has 0 aliphatic carbocycles. The van der Waals surface area contributed by atoms with Crippen molar-refractivity contribution in [3.05, 3.63) is 113 Å². The number of hydrazone groups is 1. The van der Waals surface area contributed by atoms with Crippen LogP contribution in [0.15, 0.2) is 96.1 Å². The van der Waals surface area contributed by atoms with Crippen LogP contribution < -0.4 is 10.2 Å². The highest BCUT2D eigenvalue weighted by atomic mass is 16.5. The number of amides is 1. The van der Waals surface area contributed by atoms with E-state index in [9.17, 15) is 9.59 Å². The molecule has 5 nitrogen and oxygen atoms in total. The molecule has 0 saturated carbocycles. The van der Waals surface area contributed by atoms with Crippen LogP contribution in [0.1, 0.15) is 31.8 Å². The van der Waals surface area contributed by atoms with E-state index in [2.05, 4.69) is 10.5 Å². The monoisotopic (exact) mass is 408 g/mol. The molecule has 0 fully saturated rings. The fourth-order valence-corrected chi connectivity index (χ4v) is 3.04. The second kappa shape index (κ2) is 9.05. The fraction of sp³-hybridized carbons (Fsp3) is 0.0385. The van der Waals surface area contributed by atoms with E-state index in [1.165, 1.54) is 6.21 Å². The quantitative estimate of drug-likeness (QED) is 0.215. The Hall–Kier alpha value is -4.25. The van der Waals surface area contributed by atoms with E-state index < -0.39 is 5.97 Å². The summed E-state index contributed by atoms with van der Waals surface area (Å²) < 4.78 is 5.38. The molecule has 0 unspecified atom stereocenters. The fourth-order valence-electron chi connectivity index (χ4n) is 3.04. The van der Waals surface area contributed by atoms with Crippen LogP contribution in [0.25, 0.3) is 10.8 Å². The molecule has 4 rings (SSSR count). The molecule has 1 amide bonds. The second-order valence-electron chi connectivity index (χ2n) is 7.09. The summed E-state index contributed by atoms with van der Waals surface area (Å²) in [5, 5.41) is 6.08. The number of ether oxygens (including phenoxy) is 1. The number of nitrogens with zero attached hydrogens (tertiary/aromatic N) is 1. The Morgan fingerprint density at radius 2 is 1.48 bits per heavy atom. The highest BCUT2D eigenvalue weighted by molar-refractivity contribution is 5.99. The van der Waals surface area contributed by atoms with E-state index in [1.54, 1.807) is 42.5 Å². The number of hydrogen-bond donors (Lipinski definition) is 1. The normalized spacial score (nSPS) is 10.9. The van der Waals surface area contributed by atoms with Gasteiger partial charge in [-0.25, -0.2) is 10.2 Å². The van der Waals surface area contributed by atoms with Gasteiger partial charge in [0.2, 0.25) is 0 Å². The number of benzene rings is 4. The molecule has 0 radical (unpaired) electrons. The van der Waals surface area contributed by atoms with E-state index in [0.717, 1.165) is 21.9 Å². The third-order valence-electron chi connectivity index (χ3n) is 4.77. The average molecular weight is 408 g/mol. The zero-order chi connectivity index (χ0) is 21.6. The number of rotatable bonds is 5. The zero-order valence-corrected chi connectivity index (χ0v) is 16.9. The molecule has 0 aromatic heterocycles. The maximum Gasteiger partial charge on any atom is 0.343 e. The lowest BCUT2D eigenvalue weighted by Gasteiger charge is -2.05. The van der Waals surface area contributed by atoms with Crippen LogP contribution in [0.2, 0.25) is 0 Å². The summed E-state index contributed by atoms with van der Waals surface area (Å²) in [5.74, 6) is -0.266. The summed E-state index contributed by atoms with van der Waals surface area (Å²) in [7, 11) is 0. The minimum Gasteiger partial charge on any atom is -0.423 e. The standard InChI is InChI=1S/C26H20N2O3/c1-18-6-10-21(11-7-18)26(30)31-24-14-8-19(9-15-24)17-27-28-25(29)23-13-12-20-4-2-3-5-22(20)16-23/h2-17H,1H3,(H,28,29)/b27-17-. The summed E-state index contributed by atoms with van der Waals surface area (Å²) in [4.78, 5) is 24.5. The largest absolute Gasteiger partial charge is 0.423 e. The SMILES string of the molecule is Cc1ccc(C(=O)Oc2ccc(/C=N\NC(=O)c3ccc4ccccc4c3)cc2)cc1. The van der Waals surface area contributed by atoms with Gasteiger partial charge in [0, 0.05) is 5.56 Å². The summed E-state index contributed by atoms with van der Waals surface area (Å²) >= 11 is 0. The maximum atomic E-state index is 12.3. The van der Waals surface area contributed by atoms with E-state index >= 15 is 0 Å². The van der Waals surface area contributed by atoms with Crippen molar-refractivity contribution in [2.24, 2.45) is 5.10 Å². The molecule has 4 aromatic rings. The van der Waals surface area contributed by atoms with Gasteiger partial charge in [-0.3, -0.25) is 4.79 Å². The molecule has 31 heavy (non-hydrogen) atoms. The third kappa shape index (κ3) is 5.03. The van der Waals surface area contributed by atoms with Crippen LogP contribution >= 0.6 is 0 Å². The molecule has 0 bridgehead atoms. The van der Waals surface area contributed by atoms with E-state index in [4.69, 9.17) is 4.74 Å². The molecule has 5 heteroatoms. The number of carbonyl (C=O) groups is 2. The lowest BCUT2D eigenvalue weighted by atomic mass is 10.1. The first-order valence-corrected chi connectivity index (χ1v) is 9.80. The Morgan fingerprint density at radius 3 is 2.23 bits per heavy atom. The van der Waals surface area contributed by atoms with Crippen molar-refractivity contribution in [2.45, 2.75) is 6.92 Å². The lowest BCUT2D eigenvalue weighted by molar-refractivity contribution is 0.0734. The van der Waals surface area contributed by atoms with Gasteiger partial charge in [-0.15, -0.1) is 0 Å². The van der Waals surface area contributed by atoms with Crippen LogP contribution in [0.5, 0.6) is 5.75 Å². The Morgan fingerprint density at radius 1 is 0.806 bits per heavy atom. The summed E-state index contributed by atoms with van der Waals surface area (Å²) in [6, 6.07) is 27.4. The van der Waals surface area contributed by atoms with Crippen LogP contribution in [0, 0.1) is 6.92 Å². The minimum atomic E-state index is -0.413. The number of esters is 1. The second-order valence-corrected chi connectivity index (χ2v) is 7.09. The van der Waals surface area contributed by atoms with Crippen LogP contribution in [-0.2, 0) is 0 Å². The maximum absolute atomic E-state index is 12.3. The number of fused-ring (bicyclic) bond motifs is 1. The van der Waals surface area contributed by atoms with Crippen molar-refractivity contribution in [1.82, 2.24) is 5.43 Å². The minimum absolute atomic E-state index is 0.286. The molecular weight excluding hydrogens is 388 g/mol. The summed E-state index contributed by atoms with van der Waals surface area (Å²) in [6.07, 6.45) is 1.53. The van der Waals surface area contributed by atoms with E-state index in [1.807, 2.05) is 55.5 Å². The smallest absolute Gasteiger partial charge is 0.343 e. The molecule has 0 aliphatic rings. The number of nitrogens with one attached hydrogen (secondary N) is 1. The molecule has 0 heterocycles. The first-order chi connectivity index (χ1) is 15.1. The van der Waals surface area contributed by atoms with Gasteiger partial charge in [0.1, 0.15) is 5.75 Å². The van der Waals surface area contributed by atoms with Gasteiger partial charge in [-0.2, -0.15) is 5.10 Å². The summed E-state index contributed by atoms with van der Waals surface area (Å²) in [5.41, 5.74) is 5.39. The predicted octanol–water partition coefficient (Wildman–Crippen LogP) is 5.13. The molecule has 0 atom stereocenters. The van der Waals surface area contributed by atoms with Gasteiger partial charge in [0.05, 0.1) is 11.8 Å². The Balaban J connectivity index is 1.35. The first kappa shape index (κ1) is 20.0. The molecular formula is C26H20N2O3.